The van der Waals surface area contributed by atoms with Gasteiger partial charge in [0.2, 0.25) is 5.91 Å². The van der Waals surface area contributed by atoms with Gasteiger partial charge in [0.05, 0.1) is 12.2 Å². The Morgan fingerprint density at radius 1 is 1.26 bits per heavy atom. The van der Waals surface area contributed by atoms with Crippen LogP contribution < -0.4 is 5.32 Å². The third-order valence-corrected chi connectivity index (χ3v) is 5.94. The maximum absolute atomic E-state index is 12.3. The van der Waals surface area contributed by atoms with E-state index in [1.165, 1.54) is 5.56 Å². The third-order valence-electron chi connectivity index (χ3n) is 5.04. The van der Waals surface area contributed by atoms with Crippen molar-refractivity contribution in [1.82, 2.24) is 15.2 Å². The molecule has 1 aliphatic rings. The Morgan fingerprint density at radius 3 is 2.70 bits per heavy atom. The van der Waals surface area contributed by atoms with E-state index in [2.05, 4.69) is 17.2 Å². The monoisotopic (exact) mass is 385 g/mol. The zero-order valence-electron chi connectivity index (χ0n) is 16.0. The van der Waals surface area contributed by atoms with Crippen molar-refractivity contribution in [2.75, 3.05) is 13.1 Å². The number of carbonyl (C=O) groups excluding carboxylic acids is 2. The fourth-order valence-corrected chi connectivity index (χ4v) is 4.24. The summed E-state index contributed by atoms with van der Waals surface area (Å²) in [6, 6.07) is 7.82. The number of carbonyl (C=O) groups is 2. The van der Waals surface area contributed by atoms with Crippen molar-refractivity contribution < 1.29 is 9.59 Å². The second kappa shape index (κ2) is 9.13. The highest BCUT2D eigenvalue weighted by atomic mass is 32.1. The molecule has 5 nitrogen and oxygen atoms in total. The predicted molar refractivity (Wildman–Crippen MR) is 108 cm³/mol. The van der Waals surface area contributed by atoms with Gasteiger partial charge in [0.1, 0.15) is 5.01 Å². The largest absolute Gasteiger partial charge is 0.346 e. The number of hydrogen-bond acceptors (Lipinski definition) is 4. The summed E-state index contributed by atoms with van der Waals surface area (Å²) in [7, 11) is 0. The molecule has 1 N–H and O–H groups in total. The van der Waals surface area contributed by atoms with E-state index in [4.69, 9.17) is 0 Å². The molecule has 6 heteroatoms. The van der Waals surface area contributed by atoms with Crippen molar-refractivity contribution in [1.29, 1.82) is 0 Å². The van der Waals surface area contributed by atoms with E-state index >= 15 is 0 Å². The van der Waals surface area contributed by atoms with Gasteiger partial charge in [-0.3, -0.25) is 9.59 Å². The minimum atomic E-state index is -0.0737. The molecule has 0 bridgehead atoms. The van der Waals surface area contributed by atoms with Gasteiger partial charge in [-0.15, -0.1) is 11.3 Å². The molecular weight excluding hydrogens is 358 g/mol. The lowest BCUT2D eigenvalue weighted by atomic mass is 9.98. The van der Waals surface area contributed by atoms with Crippen LogP contribution in [0.2, 0.25) is 0 Å². The first-order chi connectivity index (χ1) is 13.1. The van der Waals surface area contributed by atoms with Gasteiger partial charge in [0, 0.05) is 30.5 Å². The van der Waals surface area contributed by atoms with Crippen molar-refractivity contribution in [2.45, 2.75) is 46.1 Å². The van der Waals surface area contributed by atoms with Gasteiger partial charge >= 0.3 is 0 Å². The Bertz CT molecular complexity index is 785. The van der Waals surface area contributed by atoms with Crippen molar-refractivity contribution in [3.05, 3.63) is 51.5 Å². The molecule has 3 rings (SSSR count). The Kier molecular flexibility index (Phi) is 6.61. The standard InChI is InChI=1S/C21H27N3O2S/c1-3-18-14-27-19(23-18)12-22-21(26)17-7-5-15(6-8-17)11-16-9-10-24(13-16)20(25)4-2/h5-8,14,16H,3-4,9-13H2,1-2H3,(H,22,26). The van der Waals surface area contributed by atoms with Gasteiger partial charge < -0.3 is 10.2 Å². The molecule has 0 spiro atoms. The van der Waals surface area contributed by atoms with Crippen LogP contribution >= 0.6 is 11.3 Å². The average molecular weight is 386 g/mol. The molecule has 1 unspecified atom stereocenters. The molecule has 27 heavy (non-hydrogen) atoms. The zero-order valence-corrected chi connectivity index (χ0v) is 16.8. The van der Waals surface area contributed by atoms with E-state index in [-0.39, 0.29) is 11.8 Å². The Morgan fingerprint density at radius 2 is 2.04 bits per heavy atom. The highest BCUT2D eigenvalue weighted by Crippen LogP contribution is 2.21. The van der Waals surface area contributed by atoms with Crippen LogP contribution in [0.25, 0.3) is 0 Å². The van der Waals surface area contributed by atoms with E-state index in [1.807, 2.05) is 41.5 Å². The Balaban J connectivity index is 1.49. The SMILES string of the molecule is CCC(=O)N1CCC(Cc2ccc(C(=O)NCc3nc(CC)cs3)cc2)C1. The minimum Gasteiger partial charge on any atom is -0.346 e. The number of benzene rings is 1. The molecule has 2 heterocycles. The van der Waals surface area contributed by atoms with Crippen LogP contribution in [-0.2, 0) is 24.2 Å². The number of aromatic nitrogens is 1. The van der Waals surface area contributed by atoms with E-state index in [1.54, 1.807) is 11.3 Å². The first kappa shape index (κ1) is 19.5. The Hall–Kier alpha value is -2.21. The fraction of sp³-hybridized carbons (Fsp3) is 0.476. The lowest BCUT2D eigenvalue weighted by Crippen LogP contribution is -2.28. The van der Waals surface area contributed by atoms with Crippen LogP contribution in [0.15, 0.2) is 29.6 Å². The highest BCUT2D eigenvalue weighted by Gasteiger charge is 2.25. The van der Waals surface area contributed by atoms with Crippen molar-refractivity contribution in [3.8, 4) is 0 Å². The van der Waals surface area contributed by atoms with E-state index in [0.717, 1.165) is 43.1 Å². The molecule has 0 saturated carbocycles. The van der Waals surface area contributed by atoms with E-state index in [0.29, 0.717) is 24.4 Å². The van der Waals surface area contributed by atoms with Gasteiger partial charge in [0.15, 0.2) is 0 Å². The van der Waals surface area contributed by atoms with E-state index < -0.39 is 0 Å². The van der Waals surface area contributed by atoms with Crippen LogP contribution in [-0.4, -0.2) is 34.8 Å². The number of thiazole rings is 1. The first-order valence-corrected chi connectivity index (χ1v) is 10.5. The minimum absolute atomic E-state index is 0.0737. The molecule has 1 aromatic carbocycles. The second-order valence-corrected chi connectivity index (χ2v) is 7.96. The van der Waals surface area contributed by atoms with Gasteiger partial charge in [-0.25, -0.2) is 4.98 Å². The smallest absolute Gasteiger partial charge is 0.251 e. The third kappa shape index (κ3) is 5.16. The average Bonchev–Trinajstić information content (AvgIpc) is 3.35. The summed E-state index contributed by atoms with van der Waals surface area (Å²) in [6.07, 6.45) is 3.50. The van der Waals surface area contributed by atoms with Gasteiger partial charge in [-0.1, -0.05) is 26.0 Å². The maximum atomic E-state index is 12.3. The van der Waals surface area contributed by atoms with Gasteiger partial charge in [-0.05, 0) is 42.9 Å². The molecule has 2 aromatic rings. The molecule has 2 amide bonds. The number of hydrogen-bond donors (Lipinski definition) is 1. The number of nitrogens with zero attached hydrogens (tertiary/aromatic N) is 2. The summed E-state index contributed by atoms with van der Waals surface area (Å²) in [6.45, 7) is 6.17. The summed E-state index contributed by atoms with van der Waals surface area (Å²) >= 11 is 1.58. The molecule has 1 aliphatic heterocycles. The number of amides is 2. The molecule has 1 atom stereocenters. The lowest BCUT2D eigenvalue weighted by Gasteiger charge is -2.15. The highest BCUT2D eigenvalue weighted by molar-refractivity contribution is 7.09. The Labute approximate surface area is 164 Å². The summed E-state index contributed by atoms with van der Waals surface area (Å²) in [4.78, 5) is 30.5. The van der Waals surface area contributed by atoms with E-state index in [9.17, 15) is 9.59 Å². The molecule has 1 fully saturated rings. The zero-order chi connectivity index (χ0) is 19.2. The summed E-state index contributed by atoms with van der Waals surface area (Å²) in [5, 5.41) is 5.91. The number of aryl methyl sites for hydroxylation is 1. The quantitative estimate of drug-likeness (QED) is 0.794. The molecule has 1 saturated heterocycles. The van der Waals surface area contributed by atoms with Crippen molar-refractivity contribution in [3.63, 3.8) is 0 Å². The van der Waals surface area contributed by atoms with Crippen molar-refractivity contribution in [2.24, 2.45) is 5.92 Å². The van der Waals surface area contributed by atoms with Crippen LogP contribution in [0.4, 0.5) is 0 Å². The van der Waals surface area contributed by atoms with Crippen LogP contribution in [0.5, 0.6) is 0 Å². The van der Waals surface area contributed by atoms with Crippen LogP contribution in [0.3, 0.4) is 0 Å². The summed E-state index contributed by atoms with van der Waals surface area (Å²) in [5.74, 6) is 0.684. The fourth-order valence-electron chi connectivity index (χ4n) is 3.43. The van der Waals surface area contributed by atoms with Crippen LogP contribution in [0, 0.1) is 5.92 Å². The van der Waals surface area contributed by atoms with Crippen LogP contribution in [0.1, 0.15) is 53.3 Å². The van der Waals surface area contributed by atoms with Gasteiger partial charge in [-0.2, -0.15) is 0 Å². The molecular formula is C21H27N3O2S. The van der Waals surface area contributed by atoms with Gasteiger partial charge in [0.25, 0.3) is 5.91 Å². The molecule has 1 aromatic heterocycles. The molecule has 0 aliphatic carbocycles. The normalized spacial score (nSPS) is 16.5. The summed E-state index contributed by atoms with van der Waals surface area (Å²) < 4.78 is 0. The predicted octanol–water partition coefficient (Wildman–Crippen LogP) is 3.44. The number of nitrogens with one attached hydrogen (secondary N) is 1. The lowest BCUT2D eigenvalue weighted by molar-refractivity contribution is -0.129. The van der Waals surface area contributed by atoms with Crippen molar-refractivity contribution >= 4 is 23.2 Å². The number of likely N-dealkylation sites (tertiary alicyclic amines) is 1. The summed E-state index contributed by atoms with van der Waals surface area (Å²) in [5.41, 5.74) is 2.95. The first-order valence-electron chi connectivity index (χ1n) is 9.67. The topological polar surface area (TPSA) is 62.3 Å². The molecule has 144 valence electrons. The second-order valence-electron chi connectivity index (χ2n) is 7.02. The number of rotatable bonds is 7. The molecule has 0 radical (unpaired) electrons. The maximum Gasteiger partial charge on any atom is 0.251 e.